The molecule has 1 unspecified atom stereocenters. The number of carbonyl (C=O) groups is 1. The van der Waals surface area contributed by atoms with Crippen LogP contribution in [0.5, 0.6) is 0 Å². The first-order valence-electron chi connectivity index (χ1n) is 11.1. The van der Waals surface area contributed by atoms with E-state index in [1.165, 1.54) is 24.3 Å². The lowest BCUT2D eigenvalue weighted by atomic mass is 9.85. The number of hydrogen-bond acceptors (Lipinski definition) is 5. The number of amides is 1. The van der Waals surface area contributed by atoms with Gasteiger partial charge in [-0.15, -0.1) is 0 Å². The van der Waals surface area contributed by atoms with E-state index in [-0.39, 0.29) is 16.8 Å². The van der Waals surface area contributed by atoms with E-state index in [2.05, 4.69) is 5.16 Å². The molecule has 2 aliphatic heterocycles. The molecule has 1 fully saturated rings. The average Bonchev–Trinajstić information content (AvgIpc) is 3.25. The summed E-state index contributed by atoms with van der Waals surface area (Å²) in [6, 6.07) is 6.35. The van der Waals surface area contributed by atoms with Crippen molar-refractivity contribution in [1.29, 1.82) is 0 Å². The lowest BCUT2D eigenvalue weighted by molar-refractivity contribution is -0.275. The second-order valence-corrected chi connectivity index (χ2v) is 12.2. The molecule has 0 bridgehead atoms. The summed E-state index contributed by atoms with van der Waals surface area (Å²) in [5.74, 6) is -5.94. The van der Waals surface area contributed by atoms with Crippen molar-refractivity contribution in [3.05, 3.63) is 69.0 Å². The molecule has 1 atom stereocenters. The standard InChI is InChI=1S/C23H16Cl2F8N2O4S/c24-15-5-14(6-16(25)19(15)26)21(23(31,32)33)7-17(34-39-21)12-1-3-13(4-2-12)20(27)9-35(10-20)18(36)8-40(37,38)11-22(28,29)30/h1-6H,7-11H2. The first-order valence-corrected chi connectivity index (χ1v) is 13.6. The van der Waals surface area contributed by atoms with Crippen LogP contribution in [0.15, 0.2) is 41.6 Å². The predicted molar refractivity (Wildman–Crippen MR) is 127 cm³/mol. The highest BCUT2D eigenvalue weighted by Crippen LogP contribution is 2.50. The Morgan fingerprint density at radius 1 is 1.00 bits per heavy atom. The SMILES string of the molecule is O=C(CS(=O)(=O)CC(F)(F)F)N1CC(F)(c2ccc(C3=NOC(c4cc(Cl)c(F)c(Cl)c4)(C(F)(F)F)C3)cc2)C1. The summed E-state index contributed by atoms with van der Waals surface area (Å²) in [6.07, 6.45) is -10.9. The van der Waals surface area contributed by atoms with Gasteiger partial charge in [0, 0.05) is 12.0 Å². The van der Waals surface area contributed by atoms with Crippen LogP contribution >= 0.6 is 23.2 Å². The van der Waals surface area contributed by atoms with Gasteiger partial charge in [-0.05, 0) is 23.3 Å². The minimum Gasteiger partial charge on any atom is -0.374 e. The topological polar surface area (TPSA) is 76.0 Å². The van der Waals surface area contributed by atoms with Crippen LogP contribution in [0.4, 0.5) is 35.1 Å². The van der Waals surface area contributed by atoms with E-state index in [9.17, 15) is 43.9 Å². The third kappa shape index (κ3) is 5.86. The van der Waals surface area contributed by atoms with Crippen molar-refractivity contribution in [1.82, 2.24) is 4.90 Å². The fraction of sp³-hybridized carbons (Fsp3) is 0.391. The van der Waals surface area contributed by atoms with Crippen molar-refractivity contribution in [2.75, 3.05) is 24.6 Å². The highest BCUT2D eigenvalue weighted by Gasteiger charge is 2.62. The smallest absolute Gasteiger partial charge is 0.374 e. The number of carbonyl (C=O) groups excluding carboxylic acids is 1. The van der Waals surface area contributed by atoms with Crippen LogP contribution in [-0.2, 0) is 30.7 Å². The molecule has 0 spiro atoms. The molecule has 6 nitrogen and oxygen atoms in total. The summed E-state index contributed by atoms with van der Waals surface area (Å²) >= 11 is 11.3. The molecule has 0 aromatic heterocycles. The monoisotopic (exact) mass is 638 g/mol. The largest absolute Gasteiger partial charge is 0.435 e. The zero-order valence-electron chi connectivity index (χ0n) is 19.7. The number of oxime groups is 1. The van der Waals surface area contributed by atoms with E-state index in [0.29, 0.717) is 0 Å². The Balaban J connectivity index is 1.46. The Morgan fingerprint density at radius 3 is 2.05 bits per heavy atom. The van der Waals surface area contributed by atoms with Gasteiger partial charge in [0.15, 0.2) is 21.3 Å². The molecule has 1 amide bonds. The van der Waals surface area contributed by atoms with Gasteiger partial charge in [0.2, 0.25) is 5.91 Å². The third-order valence-corrected chi connectivity index (χ3v) is 8.34. The summed E-state index contributed by atoms with van der Waals surface area (Å²) in [5, 5.41) is 2.22. The molecule has 2 aromatic rings. The zero-order chi connectivity index (χ0) is 29.9. The minimum atomic E-state index is -5.04. The van der Waals surface area contributed by atoms with E-state index in [4.69, 9.17) is 28.0 Å². The van der Waals surface area contributed by atoms with E-state index < -0.39 is 91.8 Å². The summed E-state index contributed by atoms with van der Waals surface area (Å²) in [5.41, 5.74) is -5.89. The Kier molecular flexibility index (Phi) is 7.59. The van der Waals surface area contributed by atoms with Crippen LogP contribution in [0, 0.1) is 5.82 Å². The van der Waals surface area contributed by atoms with Gasteiger partial charge in [0.05, 0.1) is 28.8 Å². The molecule has 2 heterocycles. The average molecular weight is 639 g/mol. The Labute approximate surface area is 231 Å². The quantitative estimate of drug-likeness (QED) is 0.301. The number of benzene rings is 2. The van der Waals surface area contributed by atoms with Gasteiger partial charge in [-0.2, -0.15) is 26.3 Å². The summed E-state index contributed by atoms with van der Waals surface area (Å²) in [4.78, 5) is 17.6. The van der Waals surface area contributed by atoms with Gasteiger partial charge in [0.25, 0.3) is 5.60 Å². The van der Waals surface area contributed by atoms with Gasteiger partial charge in [-0.1, -0.05) is 52.6 Å². The van der Waals surface area contributed by atoms with Gasteiger partial charge in [0.1, 0.15) is 11.5 Å². The molecule has 0 saturated carbocycles. The zero-order valence-corrected chi connectivity index (χ0v) is 22.0. The second-order valence-electron chi connectivity index (χ2n) is 9.32. The van der Waals surface area contributed by atoms with Gasteiger partial charge >= 0.3 is 12.4 Å². The van der Waals surface area contributed by atoms with Crippen molar-refractivity contribution in [3.8, 4) is 0 Å². The van der Waals surface area contributed by atoms with Gasteiger partial charge in [-0.25, -0.2) is 17.2 Å². The number of alkyl halides is 7. The number of sulfone groups is 1. The summed E-state index contributed by atoms with van der Waals surface area (Å²) in [7, 11) is -4.80. The first kappa shape index (κ1) is 30.3. The summed E-state index contributed by atoms with van der Waals surface area (Å²) < 4.78 is 132. The van der Waals surface area contributed by atoms with Crippen LogP contribution in [-0.4, -0.2) is 61.9 Å². The number of likely N-dealkylation sites (tertiary alicyclic amines) is 1. The summed E-state index contributed by atoms with van der Waals surface area (Å²) in [6.45, 7) is -1.28. The fourth-order valence-electron chi connectivity index (χ4n) is 4.31. The number of hydrogen-bond donors (Lipinski definition) is 0. The van der Waals surface area contributed by atoms with Crippen molar-refractivity contribution >= 4 is 44.7 Å². The first-order chi connectivity index (χ1) is 18.3. The van der Waals surface area contributed by atoms with Crippen LogP contribution < -0.4 is 0 Å². The van der Waals surface area contributed by atoms with Gasteiger partial charge < -0.3 is 9.74 Å². The predicted octanol–water partition coefficient (Wildman–Crippen LogP) is 5.70. The van der Waals surface area contributed by atoms with E-state index >= 15 is 4.39 Å². The minimum absolute atomic E-state index is 0.0165. The lowest BCUT2D eigenvalue weighted by Gasteiger charge is -2.44. The van der Waals surface area contributed by atoms with Crippen LogP contribution in [0.1, 0.15) is 23.1 Å². The molecule has 4 rings (SSSR count). The van der Waals surface area contributed by atoms with Crippen LogP contribution in [0.25, 0.3) is 0 Å². The molecule has 2 aliphatic rings. The van der Waals surface area contributed by atoms with Crippen molar-refractivity contribution in [2.45, 2.75) is 30.0 Å². The molecule has 218 valence electrons. The third-order valence-electron chi connectivity index (χ3n) is 6.33. The van der Waals surface area contributed by atoms with Crippen molar-refractivity contribution < 1.29 is 53.2 Å². The number of halogens is 10. The molecule has 1 saturated heterocycles. The highest BCUT2D eigenvalue weighted by atomic mass is 35.5. The molecule has 0 N–H and O–H groups in total. The highest BCUT2D eigenvalue weighted by molar-refractivity contribution is 7.92. The van der Waals surface area contributed by atoms with Crippen LogP contribution in [0.2, 0.25) is 10.0 Å². The molecule has 2 aromatic carbocycles. The Bertz CT molecular complexity index is 1450. The van der Waals surface area contributed by atoms with Crippen molar-refractivity contribution in [3.63, 3.8) is 0 Å². The Hall–Kier alpha value is -2.65. The Morgan fingerprint density at radius 2 is 1.55 bits per heavy atom. The van der Waals surface area contributed by atoms with E-state index in [1.54, 1.807) is 0 Å². The maximum atomic E-state index is 15.3. The van der Waals surface area contributed by atoms with E-state index in [0.717, 1.165) is 17.0 Å². The molecule has 17 heteroatoms. The molecule has 0 radical (unpaired) electrons. The fourth-order valence-corrected chi connectivity index (χ4v) is 5.95. The lowest BCUT2D eigenvalue weighted by Crippen LogP contribution is -2.60. The van der Waals surface area contributed by atoms with Crippen molar-refractivity contribution in [2.24, 2.45) is 5.16 Å². The van der Waals surface area contributed by atoms with Gasteiger partial charge in [-0.3, -0.25) is 4.79 Å². The molecule has 0 aliphatic carbocycles. The normalized spacial score (nSPS) is 21.1. The maximum absolute atomic E-state index is 15.3. The molecular weight excluding hydrogens is 623 g/mol. The van der Waals surface area contributed by atoms with Crippen LogP contribution in [0.3, 0.4) is 0 Å². The number of nitrogens with zero attached hydrogens (tertiary/aromatic N) is 2. The second kappa shape index (κ2) is 10.0. The molecular formula is C23H16Cl2F8N2O4S. The van der Waals surface area contributed by atoms with E-state index in [1.807, 2.05) is 0 Å². The number of rotatable bonds is 6. The molecule has 40 heavy (non-hydrogen) atoms. The maximum Gasteiger partial charge on any atom is 0.435 e.